The Balaban J connectivity index is 1.78. The van der Waals surface area contributed by atoms with Gasteiger partial charge in [0, 0.05) is 19.4 Å². The Morgan fingerprint density at radius 1 is 0.938 bits per heavy atom. The van der Waals surface area contributed by atoms with Crippen LogP contribution in [0.1, 0.15) is 44.9 Å². The van der Waals surface area contributed by atoms with Crippen LogP contribution in [-0.2, 0) is 9.47 Å². The number of unbranched alkanes of at least 4 members (excludes halogenated alkanes) is 1. The molecular weight excluding hydrogens is 208 g/mol. The average Bonchev–Trinajstić information content (AvgIpc) is 2.73. The third-order valence-electron chi connectivity index (χ3n) is 3.81. The molecule has 0 unspecified atom stereocenters. The monoisotopic (exact) mass is 230 g/mol. The van der Waals surface area contributed by atoms with Crippen molar-refractivity contribution >= 4 is 0 Å². The summed E-state index contributed by atoms with van der Waals surface area (Å²) in [5.41, 5.74) is -0.560. The first-order chi connectivity index (χ1) is 7.68. The lowest BCUT2D eigenvalue weighted by molar-refractivity contribution is -0.203. The molecule has 0 aromatic carbocycles. The third-order valence-corrected chi connectivity index (χ3v) is 3.81. The highest BCUT2D eigenvalue weighted by Crippen LogP contribution is 2.41. The van der Waals surface area contributed by atoms with E-state index in [4.69, 9.17) is 14.6 Å². The van der Waals surface area contributed by atoms with E-state index in [2.05, 4.69) is 0 Å². The smallest absolute Gasteiger partial charge is 0.168 e. The van der Waals surface area contributed by atoms with Crippen molar-refractivity contribution in [1.82, 2.24) is 0 Å². The summed E-state index contributed by atoms with van der Waals surface area (Å²) in [7, 11) is 0. The SMILES string of the molecule is OCCCCC1(O)CCC2(CC1)OCCO2. The van der Waals surface area contributed by atoms with Gasteiger partial charge in [0.1, 0.15) is 0 Å². The van der Waals surface area contributed by atoms with E-state index in [1.54, 1.807) is 0 Å². The predicted octanol–water partition coefficient (Wildman–Crippen LogP) is 1.20. The van der Waals surface area contributed by atoms with E-state index in [1.165, 1.54) is 0 Å². The van der Waals surface area contributed by atoms with Crippen LogP contribution >= 0.6 is 0 Å². The van der Waals surface area contributed by atoms with E-state index in [9.17, 15) is 5.11 Å². The lowest BCUT2D eigenvalue weighted by atomic mass is 9.78. The lowest BCUT2D eigenvalue weighted by Crippen LogP contribution is -2.43. The number of hydrogen-bond acceptors (Lipinski definition) is 4. The summed E-state index contributed by atoms with van der Waals surface area (Å²) >= 11 is 0. The van der Waals surface area contributed by atoms with Crippen LogP contribution in [0, 0.1) is 0 Å². The Kier molecular flexibility index (Phi) is 3.85. The van der Waals surface area contributed by atoms with Crippen LogP contribution in [0.15, 0.2) is 0 Å². The van der Waals surface area contributed by atoms with Crippen LogP contribution in [0.3, 0.4) is 0 Å². The fourth-order valence-electron chi connectivity index (χ4n) is 2.70. The normalized spacial score (nSPS) is 27.4. The molecule has 1 aliphatic heterocycles. The topological polar surface area (TPSA) is 58.9 Å². The summed E-state index contributed by atoms with van der Waals surface area (Å²) in [5.74, 6) is -0.386. The second kappa shape index (κ2) is 5.00. The Bertz CT molecular complexity index is 213. The molecule has 0 aromatic rings. The minimum Gasteiger partial charge on any atom is -0.396 e. The zero-order valence-corrected chi connectivity index (χ0v) is 9.78. The maximum Gasteiger partial charge on any atom is 0.168 e. The van der Waals surface area contributed by atoms with Crippen LogP contribution in [0.4, 0.5) is 0 Å². The minimum atomic E-state index is -0.560. The van der Waals surface area contributed by atoms with E-state index < -0.39 is 5.60 Å². The second-order valence-electron chi connectivity index (χ2n) is 5.01. The molecule has 1 heterocycles. The van der Waals surface area contributed by atoms with Crippen molar-refractivity contribution in [2.45, 2.75) is 56.3 Å². The van der Waals surface area contributed by atoms with Gasteiger partial charge in [-0.15, -0.1) is 0 Å². The molecule has 0 aromatic heterocycles. The van der Waals surface area contributed by atoms with Crippen molar-refractivity contribution in [3.8, 4) is 0 Å². The van der Waals surface area contributed by atoms with Gasteiger partial charge in [-0.3, -0.25) is 0 Å². The van der Waals surface area contributed by atoms with Gasteiger partial charge in [0.05, 0.1) is 18.8 Å². The molecule has 0 amide bonds. The predicted molar refractivity (Wildman–Crippen MR) is 59.0 cm³/mol. The Morgan fingerprint density at radius 2 is 1.56 bits per heavy atom. The molecular formula is C12H22O4. The first kappa shape index (κ1) is 12.3. The largest absolute Gasteiger partial charge is 0.396 e. The zero-order valence-electron chi connectivity index (χ0n) is 9.78. The van der Waals surface area contributed by atoms with Gasteiger partial charge in [0.2, 0.25) is 0 Å². The summed E-state index contributed by atoms with van der Waals surface area (Å²) in [6.07, 6.45) is 5.54. The highest BCUT2D eigenvalue weighted by molar-refractivity contribution is 4.91. The van der Waals surface area contributed by atoms with Crippen LogP contribution in [0.25, 0.3) is 0 Å². The van der Waals surface area contributed by atoms with Crippen molar-refractivity contribution in [2.75, 3.05) is 19.8 Å². The van der Waals surface area contributed by atoms with Crippen LogP contribution in [0.5, 0.6) is 0 Å². The maximum absolute atomic E-state index is 10.3. The first-order valence-electron chi connectivity index (χ1n) is 6.29. The molecule has 0 atom stereocenters. The maximum atomic E-state index is 10.3. The highest BCUT2D eigenvalue weighted by atomic mass is 16.7. The molecule has 2 aliphatic rings. The van der Waals surface area contributed by atoms with Gasteiger partial charge < -0.3 is 19.7 Å². The fraction of sp³-hybridized carbons (Fsp3) is 1.00. The second-order valence-corrected chi connectivity index (χ2v) is 5.01. The quantitative estimate of drug-likeness (QED) is 0.712. The third kappa shape index (κ3) is 2.74. The van der Waals surface area contributed by atoms with E-state index >= 15 is 0 Å². The molecule has 1 saturated heterocycles. The molecule has 0 bridgehead atoms. The van der Waals surface area contributed by atoms with E-state index in [-0.39, 0.29) is 12.4 Å². The van der Waals surface area contributed by atoms with Crippen molar-refractivity contribution in [1.29, 1.82) is 0 Å². The van der Waals surface area contributed by atoms with E-state index in [0.29, 0.717) is 13.2 Å². The molecule has 1 spiro atoms. The molecule has 94 valence electrons. The molecule has 2 rings (SSSR count). The standard InChI is InChI=1S/C12H22O4/c13-8-2-1-3-11(14)4-6-12(7-5-11)15-9-10-16-12/h13-14H,1-10H2. The summed E-state index contributed by atoms with van der Waals surface area (Å²) in [4.78, 5) is 0. The summed E-state index contributed by atoms with van der Waals surface area (Å²) < 4.78 is 11.3. The van der Waals surface area contributed by atoms with E-state index in [0.717, 1.165) is 44.9 Å². The van der Waals surface area contributed by atoms with Crippen molar-refractivity contribution in [2.24, 2.45) is 0 Å². The number of hydrogen-bond donors (Lipinski definition) is 2. The summed E-state index contributed by atoms with van der Waals surface area (Å²) in [6.45, 7) is 1.58. The number of rotatable bonds is 4. The first-order valence-corrected chi connectivity index (χ1v) is 6.29. The Hall–Kier alpha value is -0.160. The van der Waals surface area contributed by atoms with Gasteiger partial charge in [0.25, 0.3) is 0 Å². The average molecular weight is 230 g/mol. The molecule has 16 heavy (non-hydrogen) atoms. The van der Waals surface area contributed by atoms with Crippen molar-refractivity contribution in [3.05, 3.63) is 0 Å². The zero-order chi connectivity index (χ0) is 11.5. The van der Waals surface area contributed by atoms with Gasteiger partial charge in [-0.05, 0) is 32.1 Å². The van der Waals surface area contributed by atoms with Gasteiger partial charge in [0.15, 0.2) is 5.79 Å². The van der Waals surface area contributed by atoms with Gasteiger partial charge in [-0.25, -0.2) is 0 Å². The molecule has 2 fully saturated rings. The number of aliphatic hydroxyl groups excluding tert-OH is 1. The number of ether oxygens (including phenoxy) is 2. The van der Waals surface area contributed by atoms with Crippen LogP contribution in [-0.4, -0.2) is 41.4 Å². The van der Waals surface area contributed by atoms with Crippen LogP contribution < -0.4 is 0 Å². The Morgan fingerprint density at radius 3 is 2.12 bits per heavy atom. The molecule has 2 N–H and O–H groups in total. The molecule has 1 aliphatic carbocycles. The van der Waals surface area contributed by atoms with Gasteiger partial charge in [-0.1, -0.05) is 0 Å². The summed E-state index contributed by atoms with van der Waals surface area (Å²) in [5, 5.41) is 19.1. The molecule has 1 saturated carbocycles. The molecule has 4 nitrogen and oxygen atoms in total. The molecule has 4 heteroatoms. The number of aliphatic hydroxyl groups is 2. The Labute approximate surface area is 96.6 Å². The van der Waals surface area contributed by atoms with Crippen molar-refractivity contribution < 1.29 is 19.7 Å². The van der Waals surface area contributed by atoms with Crippen molar-refractivity contribution in [3.63, 3.8) is 0 Å². The lowest BCUT2D eigenvalue weighted by Gasteiger charge is -2.40. The van der Waals surface area contributed by atoms with Crippen LogP contribution in [0.2, 0.25) is 0 Å². The van der Waals surface area contributed by atoms with E-state index in [1.807, 2.05) is 0 Å². The molecule has 0 radical (unpaired) electrons. The fourth-order valence-corrected chi connectivity index (χ4v) is 2.70. The van der Waals surface area contributed by atoms with Gasteiger partial charge >= 0.3 is 0 Å². The summed E-state index contributed by atoms with van der Waals surface area (Å²) in [6, 6.07) is 0. The van der Waals surface area contributed by atoms with Gasteiger partial charge in [-0.2, -0.15) is 0 Å². The highest BCUT2D eigenvalue weighted by Gasteiger charge is 2.45. The minimum absolute atomic E-state index is 0.215.